The summed E-state index contributed by atoms with van der Waals surface area (Å²) in [5.41, 5.74) is 2.29. The molecular formula is C14H11ClO2. The molecule has 2 nitrogen and oxygen atoms in total. The summed E-state index contributed by atoms with van der Waals surface area (Å²) in [7, 11) is 1.65. The number of rotatable bonds is 1. The van der Waals surface area contributed by atoms with Crippen molar-refractivity contribution in [2.45, 2.75) is 6.42 Å². The second kappa shape index (κ2) is 3.97. The van der Waals surface area contributed by atoms with Crippen molar-refractivity contribution in [2.75, 3.05) is 7.11 Å². The largest absolute Gasteiger partial charge is 0.493 e. The summed E-state index contributed by atoms with van der Waals surface area (Å²) < 4.78 is 11.2. The fourth-order valence-corrected chi connectivity index (χ4v) is 2.22. The standard InChI is InChI=1S/C14H11ClO2/c1-16-12-4-2-3-10-7-9-5-6-11(15)8-13(9)17-14(10)12/h2-6,8H,7H2,1H3. The molecule has 0 saturated heterocycles. The number of fused-ring (bicyclic) bond motifs is 2. The normalized spacial score (nSPS) is 12.4. The number of halogens is 1. The number of hydrogen-bond donors (Lipinski definition) is 0. The highest BCUT2D eigenvalue weighted by molar-refractivity contribution is 6.30. The van der Waals surface area contributed by atoms with E-state index in [2.05, 4.69) is 6.07 Å². The van der Waals surface area contributed by atoms with Crippen molar-refractivity contribution in [2.24, 2.45) is 0 Å². The van der Waals surface area contributed by atoms with E-state index in [4.69, 9.17) is 21.1 Å². The maximum atomic E-state index is 5.97. The molecule has 0 bridgehead atoms. The topological polar surface area (TPSA) is 18.5 Å². The second-order valence-corrected chi connectivity index (χ2v) is 4.42. The average Bonchev–Trinajstić information content (AvgIpc) is 2.35. The molecule has 2 aromatic rings. The number of benzene rings is 2. The molecular weight excluding hydrogens is 236 g/mol. The van der Waals surface area contributed by atoms with Crippen LogP contribution >= 0.6 is 11.6 Å². The molecule has 0 saturated carbocycles. The van der Waals surface area contributed by atoms with Gasteiger partial charge >= 0.3 is 0 Å². The first-order chi connectivity index (χ1) is 8.28. The summed E-state index contributed by atoms with van der Waals surface area (Å²) >= 11 is 5.97. The summed E-state index contributed by atoms with van der Waals surface area (Å²) in [4.78, 5) is 0. The lowest BCUT2D eigenvalue weighted by molar-refractivity contribution is 0.371. The Hall–Kier alpha value is -1.67. The van der Waals surface area contributed by atoms with E-state index in [9.17, 15) is 0 Å². The first-order valence-electron chi connectivity index (χ1n) is 5.40. The van der Waals surface area contributed by atoms with Crippen LogP contribution in [0.25, 0.3) is 0 Å². The quantitative estimate of drug-likeness (QED) is 0.645. The Labute approximate surface area is 105 Å². The summed E-state index contributed by atoms with van der Waals surface area (Å²) in [5.74, 6) is 2.37. The van der Waals surface area contributed by atoms with E-state index in [-0.39, 0.29) is 0 Å². The molecule has 0 atom stereocenters. The Morgan fingerprint density at radius 3 is 2.88 bits per heavy atom. The summed E-state index contributed by atoms with van der Waals surface area (Å²) in [6.07, 6.45) is 0.846. The van der Waals surface area contributed by atoms with Gasteiger partial charge in [0.2, 0.25) is 0 Å². The summed E-state index contributed by atoms with van der Waals surface area (Å²) in [5, 5.41) is 0.682. The van der Waals surface area contributed by atoms with Gasteiger partial charge in [0.1, 0.15) is 5.75 Å². The van der Waals surface area contributed by atoms with Crippen LogP contribution in [0.2, 0.25) is 5.02 Å². The SMILES string of the molecule is COc1cccc2c1Oc1cc(Cl)ccc1C2. The van der Waals surface area contributed by atoms with Crippen LogP contribution in [0.4, 0.5) is 0 Å². The van der Waals surface area contributed by atoms with Crippen molar-refractivity contribution in [3.63, 3.8) is 0 Å². The van der Waals surface area contributed by atoms with Crippen molar-refractivity contribution in [1.29, 1.82) is 0 Å². The Kier molecular flexibility index (Phi) is 2.45. The van der Waals surface area contributed by atoms with Crippen LogP contribution in [0.5, 0.6) is 17.2 Å². The lowest BCUT2D eigenvalue weighted by Crippen LogP contribution is -2.04. The number of methoxy groups -OCH3 is 1. The summed E-state index contributed by atoms with van der Waals surface area (Å²) in [6, 6.07) is 11.6. The van der Waals surface area contributed by atoms with Gasteiger partial charge in [0, 0.05) is 17.0 Å². The van der Waals surface area contributed by atoms with Crippen molar-refractivity contribution >= 4 is 11.6 Å². The van der Waals surface area contributed by atoms with Gasteiger partial charge in [-0.2, -0.15) is 0 Å². The van der Waals surface area contributed by atoms with Crippen molar-refractivity contribution in [3.8, 4) is 17.2 Å². The molecule has 3 heteroatoms. The molecule has 0 amide bonds. The number of para-hydroxylation sites is 1. The van der Waals surface area contributed by atoms with Gasteiger partial charge in [-0.05, 0) is 23.8 Å². The van der Waals surface area contributed by atoms with Gasteiger partial charge in [0.15, 0.2) is 11.5 Å². The highest BCUT2D eigenvalue weighted by Gasteiger charge is 2.20. The molecule has 3 rings (SSSR count). The van der Waals surface area contributed by atoms with Crippen molar-refractivity contribution < 1.29 is 9.47 Å². The fraction of sp³-hybridized carbons (Fsp3) is 0.143. The number of hydrogen-bond acceptors (Lipinski definition) is 2. The summed E-state index contributed by atoms with van der Waals surface area (Å²) in [6.45, 7) is 0. The molecule has 1 aliphatic heterocycles. The molecule has 1 heterocycles. The minimum atomic E-state index is 0.682. The third-order valence-electron chi connectivity index (χ3n) is 2.90. The third-order valence-corrected chi connectivity index (χ3v) is 3.14. The lowest BCUT2D eigenvalue weighted by atomic mass is 10.00. The molecule has 0 N–H and O–H groups in total. The van der Waals surface area contributed by atoms with E-state index in [0.29, 0.717) is 5.02 Å². The van der Waals surface area contributed by atoms with Crippen LogP contribution < -0.4 is 9.47 Å². The predicted octanol–water partition coefficient (Wildman–Crippen LogP) is 4.05. The molecule has 0 radical (unpaired) electrons. The van der Waals surface area contributed by atoms with E-state index >= 15 is 0 Å². The van der Waals surface area contributed by atoms with Crippen LogP contribution in [-0.2, 0) is 6.42 Å². The van der Waals surface area contributed by atoms with Crippen LogP contribution in [-0.4, -0.2) is 7.11 Å². The Bertz CT molecular complexity index is 578. The van der Waals surface area contributed by atoms with Crippen LogP contribution in [0.1, 0.15) is 11.1 Å². The smallest absolute Gasteiger partial charge is 0.172 e. The maximum Gasteiger partial charge on any atom is 0.172 e. The van der Waals surface area contributed by atoms with Crippen LogP contribution in [0.15, 0.2) is 36.4 Å². The van der Waals surface area contributed by atoms with E-state index in [1.54, 1.807) is 7.11 Å². The molecule has 1 aliphatic rings. The van der Waals surface area contributed by atoms with Gasteiger partial charge in [-0.3, -0.25) is 0 Å². The third kappa shape index (κ3) is 1.75. The average molecular weight is 247 g/mol. The zero-order valence-electron chi connectivity index (χ0n) is 9.37. The molecule has 0 unspecified atom stereocenters. The van der Waals surface area contributed by atoms with Gasteiger partial charge in [0.05, 0.1) is 7.11 Å². The monoisotopic (exact) mass is 246 g/mol. The zero-order chi connectivity index (χ0) is 11.8. The molecule has 0 aromatic heterocycles. The Balaban J connectivity index is 2.11. The first kappa shape index (κ1) is 10.5. The van der Waals surface area contributed by atoms with E-state index in [0.717, 1.165) is 34.8 Å². The highest BCUT2D eigenvalue weighted by atomic mass is 35.5. The van der Waals surface area contributed by atoms with Gasteiger partial charge in [-0.15, -0.1) is 0 Å². The number of ether oxygens (including phenoxy) is 2. The highest BCUT2D eigenvalue weighted by Crippen LogP contribution is 2.42. The minimum absolute atomic E-state index is 0.682. The van der Waals surface area contributed by atoms with Gasteiger partial charge in [-0.1, -0.05) is 29.8 Å². The van der Waals surface area contributed by atoms with Crippen LogP contribution in [0.3, 0.4) is 0 Å². The van der Waals surface area contributed by atoms with E-state index in [1.165, 1.54) is 0 Å². The maximum absolute atomic E-state index is 5.97. The van der Waals surface area contributed by atoms with E-state index < -0.39 is 0 Å². The Morgan fingerprint density at radius 2 is 2.06 bits per heavy atom. The molecule has 0 fully saturated rings. The van der Waals surface area contributed by atoms with Gasteiger partial charge in [-0.25, -0.2) is 0 Å². The van der Waals surface area contributed by atoms with E-state index in [1.807, 2.05) is 30.3 Å². The lowest BCUT2D eigenvalue weighted by Gasteiger charge is -2.22. The molecule has 0 spiro atoms. The Morgan fingerprint density at radius 1 is 1.18 bits per heavy atom. The van der Waals surface area contributed by atoms with Crippen molar-refractivity contribution in [3.05, 3.63) is 52.5 Å². The van der Waals surface area contributed by atoms with Gasteiger partial charge < -0.3 is 9.47 Å². The first-order valence-corrected chi connectivity index (χ1v) is 5.78. The molecule has 2 aromatic carbocycles. The second-order valence-electron chi connectivity index (χ2n) is 3.98. The molecule has 86 valence electrons. The predicted molar refractivity (Wildman–Crippen MR) is 67.3 cm³/mol. The molecule has 0 aliphatic carbocycles. The van der Waals surface area contributed by atoms with Crippen LogP contribution in [0, 0.1) is 0 Å². The van der Waals surface area contributed by atoms with Gasteiger partial charge in [0.25, 0.3) is 0 Å². The molecule has 17 heavy (non-hydrogen) atoms. The fourth-order valence-electron chi connectivity index (χ4n) is 2.06. The minimum Gasteiger partial charge on any atom is -0.493 e. The van der Waals surface area contributed by atoms with Crippen molar-refractivity contribution in [1.82, 2.24) is 0 Å². The zero-order valence-corrected chi connectivity index (χ0v) is 10.1.